The summed E-state index contributed by atoms with van der Waals surface area (Å²) in [5.41, 5.74) is 1.99. The molecule has 1 aliphatic carbocycles. The third-order valence-corrected chi connectivity index (χ3v) is 7.53. The number of carboxylic acid groups (broad SMARTS) is 1. The highest BCUT2D eigenvalue weighted by atomic mass is 32.2. The van der Waals surface area contributed by atoms with Gasteiger partial charge in [0.1, 0.15) is 10.0 Å². The third-order valence-electron chi connectivity index (χ3n) is 4.53. The minimum atomic E-state index is -3.82. The summed E-state index contributed by atoms with van der Waals surface area (Å²) in [6, 6.07) is 13.5. The van der Waals surface area contributed by atoms with E-state index in [-0.39, 0.29) is 21.5 Å². The van der Waals surface area contributed by atoms with Gasteiger partial charge in [-0.1, -0.05) is 12.1 Å². The molecule has 1 aromatic heterocycles. The van der Waals surface area contributed by atoms with Crippen LogP contribution in [-0.4, -0.2) is 19.5 Å². The number of thiophene rings is 1. The van der Waals surface area contributed by atoms with Crippen LogP contribution in [0.25, 0.3) is 10.4 Å². The van der Waals surface area contributed by atoms with Crippen molar-refractivity contribution in [1.82, 2.24) is 0 Å². The van der Waals surface area contributed by atoms with Crippen LogP contribution in [0.1, 0.15) is 34.7 Å². The number of anilines is 1. The molecule has 0 atom stereocenters. The molecule has 2 N–H and O–H groups in total. The van der Waals surface area contributed by atoms with Crippen LogP contribution in [-0.2, 0) is 10.0 Å². The highest BCUT2D eigenvalue weighted by Crippen LogP contribution is 2.44. The van der Waals surface area contributed by atoms with Gasteiger partial charge in [-0.3, -0.25) is 4.72 Å². The lowest BCUT2D eigenvalue weighted by atomic mass is 10.0. The van der Waals surface area contributed by atoms with Crippen molar-refractivity contribution in [3.8, 4) is 10.4 Å². The van der Waals surface area contributed by atoms with Crippen LogP contribution in [0.15, 0.2) is 58.8 Å². The molecule has 1 saturated carbocycles. The average Bonchev–Trinajstić information content (AvgIpc) is 3.37. The van der Waals surface area contributed by atoms with Gasteiger partial charge in [0.2, 0.25) is 0 Å². The van der Waals surface area contributed by atoms with Crippen LogP contribution in [0.5, 0.6) is 0 Å². The van der Waals surface area contributed by atoms with Gasteiger partial charge in [-0.25, -0.2) is 17.6 Å². The third kappa shape index (κ3) is 3.79. The number of hydrogen-bond acceptors (Lipinski definition) is 4. The van der Waals surface area contributed by atoms with Crippen LogP contribution < -0.4 is 4.72 Å². The Kier molecular flexibility index (Phi) is 4.68. The number of hydrogen-bond donors (Lipinski definition) is 2. The Morgan fingerprint density at radius 2 is 1.79 bits per heavy atom. The zero-order valence-corrected chi connectivity index (χ0v) is 16.2. The van der Waals surface area contributed by atoms with E-state index in [0.29, 0.717) is 16.1 Å². The lowest BCUT2D eigenvalue weighted by Gasteiger charge is -2.12. The first-order valence-corrected chi connectivity index (χ1v) is 10.9. The van der Waals surface area contributed by atoms with Crippen molar-refractivity contribution < 1.29 is 22.7 Å². The van der Waals surface area contributed by atoms with Crippen molar-refractivity contribution in [3.63, 3.8) is 0 Å². The quantitative estimate of drug-likeness (QED) is 0.596. The van der Waals surface area contributed by atoms with E-state index in [1.54, 1.807) is 18.2 Å². The SMILES string of the molecule is O=C(O)c1ccc(NS(=O)(=O)c2ccc(-c3ccc(F)cc3)s2)c(C2CC2)c1. The molecule has 2 aromatic carbocycles. The first-order chi connectivity index (χ1) is 13.3. The fourth-order valence-electron chi connectivity index (χ4n) is 2.95. The highest BCUT2D eigenvalue weighted by molar-refractivity contribution is 7.94. The number of benzene rings is 2. The topological polar surface area (TPSA) is 83.5 Å². The monoisotopic (exact) mass is 417 g/mol. The maximum atomic E-state index is 13.1. The largest absolute Gasteiger partial charge is 0.478 e. The standard InChI is InChI=1S/C20H16FNO4S2/c21-15-6-3-13(4-7-15)18-9-10-19(27-18)28(25,26)22-17-8-5-14(20(23)24)11-16(17)12-1-2-12/h3-12,22H,1-2H2,(H,23,24). The van der Waals surface area contributed by atoms with Gasteiger partial charge in [0.15, 0.2) is 0 Å². The number of rotatable bonds is 6. The van der Waals surface area contributed by atoms with Crippen LogP contribution in [0.3, 0.4) is 0 Å². The number of nitrogens with one attached hydrogen (secondary N) is 1. The molecular formula is C20H16FNO4S2. The molecule has 0 amide bonds. The molecule has 1 fully saturated rings. The van der Waals surface area contributed by atoms with Gasteiger partial charge in [0.25, 0.3) is 10.0 Å². The van der Waals surface area contributed by atoms with Crippen molar-refractivity contribution in [2.45, 2.75) is 23.0 Å². The number of halogens is 1. The van der Waals surface area contributed by atoms with Gasteiger partial charge in [-0.05, 0) is 72.4 Å². The average molecular weight is 417 g/mol. The Balaban J connectivity index is 1.63. The van der Waals surface area contributed by atoms with E-state index in [1.807, 2.05) is 0 Å². The van der Waals surface area contributed by atoms with E-state index in [2.05, 4.69) is 4.72 Å². The van der Waals surface area contributed by atoms with Crippen molar-refractivity contribution in [2.24, 2.45) is 0 Å². The second-order valence-electron chi connectivity index (χ2n) is 6.61. The first-order valence-electron chi connectivity index (χ1n) is 8.59. The first kappa shape index (κ1) is 18.6. The molecule has 28 heavy (non-hydrogen) atoms. The molecule has 3 aromatic rings. The smallest absolute Gasteiger partial charge is 0.335 e. The van der Waals surface area contributed by atoms with Gasteiger partial charge in [-0.2, -0.15) is 0 Å². The van der Waals surface area contributed by atoms with Gasteiger partial charge in [0.05, 0.1) is 11.3 Å². The van der Waals surface area contributed by atoms with Gasteiger partial charge >= 0.3 is 5.97 Å². The molecule has 0 unspecified atom stereocenters. The normalized spacial score (nSPS) is 14.0. The van der Waals surface area contributed by atoms with E-state index in [9.17, 15) is 22.7 Å². The van der Waals surface area contributed by atoms with Crippen LogP contribution in [0, 0.1) is 5.82 Å². The van der Waals surface area contributed by atoms with Crippen molar-refractivity contribution in [2.75, 3.05) is 4.72 Å². The molecule has 0 saturated heterocycles. The number of carbonyl (C=O) groups is 1. The second kappa shape index (κ2) is 7.03. The molecule has 144 valence electrons. The molecule has 0 bridgehead atoms. The fourth-order valence-corrected chi connectivity index (χ4v) is 5.35. The Morgan fingerprint density at radius 1 is 1.07 bits per heavy atom. The zero-order valence-electron chi connectivity index (χ0n) is 14.6. The number of carboxylic acids is 1. The van der Waals surface area contributed by atoms with Gasteiger partial charge in [0, 0.05) is 4.88 Å². The maximum absolute atomic E-state index is 13.1. The maximum Gasteiger partial charge on any atom is 0.335 e. The molecule has 4 rings (SSSR count). The molecular weight excluding hydrogens is 401 g/mol. The van der Waals surface area contributed by atoms with Crippen molar-refractivity contribution >= 4 is 33.0 Å². The van der Waals surface area contributed by atoms with E-state index >= 15 is 0 Å². The van der Waals surface area contributed by atoms with E-state index < -0.39 is 16.0 Å². The van der Waals surface area contributed by atoms with Crippen molar-refractivity contribution in [3.05, 3.63) is 71.5 Å². The Labute approximate surface area is 165 Å². The summed E-state index contributed by atoms with van der Waals surface area (Å²) in [6.45, 7) is 0. The Hall–Kier alpha value is -2.71. The van der Waals surface area contributed by atoms with Gasteiger partial charge < -0.3 is 5.11 Å². The van der Waals surface area contributed by atoms with Crippen LogP contribution in [0.2, 0.25) is 0 Å². The Morgan fingerprint density at radius 3 is 2.43 bits per heavy atom. The molecule has 0 spiro atoms. The summed E-state index contributed by atoms with van der Waals surface area (Å²) in [5.74, 6) is -1.22. The second-order valence-corrected chi connectivity index (χ2v) is 9.61. The molecule has 1 heterocycles. The summed E-state index contributed by atoms with van der Waals surface area (Å²) in [7, 11) is -3.82. The van der Waals surface area contributed by atoms with E-state index in [1.165, 1.54) is 36.4 Å². The molecule has 8 heteroatoms. The summed E-state index contributed by atoms with van der Waals surface area (Å²) in [5, 5.41) is 9.18. The summed E-state index contributed by atoms with van der Waals surface area (Å²) in [6.07, 6.45) is 1.82. The number of aromatic carboxylic acids is 1. The van der Waals surface area contributed by atoms with Crippen LogP contribution in [0.4, 0.5) is 10.1 Å². The summed E-state index contributed by atoms with van der Waals surface area (Å²) < 4.78 is 41.5. The van der Waals surface area contributed by atoms with Crippen molar-refractivity contribution in [1.29, 1.82) is 0 Å². The Bertz CT molecular complexity index is 1150. The predicted octanol–water partition coefficient (Wildman–Crippen LogP) is 4.93. The van der Waals surface area contributed by atoms with Gasteiger partial charge in [-0.15, -0.1) is 11.3 Å². The molecule has 0 aliphatic heterocycles. The van der Waals surface area contributed by atoms with Crippen LogP contribution >= 0.6 is 11.3 Å². The zero-order chi connectivity index (χ0) is 19.9. The molecule has 1 aliphatic rings. The summed E-state index contributed by atoms with van der Waals surface area (Å²) in [4.78, 5) is 11.9. The fraction of sp³-hybridized carbons (Fsp3) is 0.150. The molecule has 5 nitrogen and oxygen atoms in total. The van der Waals surface area contributed by atoms with E-state index in [0.717, 1.165) is 29.7 Å². The highest BCUT2D eigenvalue weighted by Gasteiger charge is 2.29. The molecule has 0 radical (unpaired) electrons. The minimum Gasteiger partial charge on any atom is -0.478 e. The lowest BCUT2D eigenvalue weighted by Crippen LogP contribution is -2.13. The minimum absolute atomic E-state index is 0.135. The number of sulfonamides is 1. The summed E-state index contributed by atoms with van der Waals surface area (Å²) >= 11 is 1.09. The predicted molar refractivity (Wildman–Crippen MR) is 106 cm³/mol. The lowest BCUT2D eigenvalue weighted by molar-refractivity contribution is 0.0697. The van der Waals surface area contributed by atoms with E-state index in [4.69, 9.17) is 0 Å².